The van der Waals surface area contributed by atoms with Crippen LogP contribution in [0, 0.1) is 13.8 Å². The lowest BCUT2D eigenvalue weighted by Crippen LogP contribution is -2.05. The number of aryl methyl sites for hydroxylation is 2. The summed E-state index contributed by atoms with van der Waals surface area (Å²) in [4.78, 5) is 15.4. The maximum absolute atomic E-state index is 11.3. The lowest BCUT2D eigenvalue weighted by Gasteiger charge is -2.11. The molecule has 2 aromatic rings. The molecule has 0 aliphatic rings. The van der Waals surface area contributed by atoms with Crippen molar-refractivity contribution >= 4 is 17.6 Å². The Morgan fingerprint density at radius 3 is 2.47 bits per heavy atom. The van der Waals surface area contributed by atoms with E-state index in [0.29, 0.717) is 22.2 Å². The Morgan fingerprint density at radius 2 is 1.89 bits per heavy atom. The van der Waals surface area contributed by atoms with Crippen LogP contribution in [0.5, 0.6) is 11.5 Å². The predicted molar refractivity (Wildman–Crippen MR) is 72.2 cm³/mol. The number of aromatic carboxylic acids is 1. The molecule has 0 atom stereocenters. The number of rotatable bonds is 3. The summed E-state index contributed by atoms with van der Waals surface area (Å²) >= 11 is 5.79. The van der Waals surface area contributed by atoms with E-state index in [4.69, 9.17) is 16.3 Å². The van der Waals surface area contributed by atoms with E-state index in [1.807, 2.05) is 0 Å². The minimum absolute atomic E-state index is 0.0700. The van der Waals surface area contributed by atoms with E-state index in [1.54, 1.807) is 44.2 Å². The molecule has 4 nitrogen and oxygen atoms in total. The summed E-state index contributed by atoms with van der Waals surface area (Å²) < 4.78 is 5.61. The van der Waals surface area contributed by atoms with Gasteiger partial charge in [-0.05, 0) is 38.1 Å². The number of carboxylic acids is 1. The van der Waals surface area contributed by atoms with Crippen LogP contribution >= 0.6 is 11.6 Å². The molecule has 1 aromatic heterocycles. The molecule has 0 saturated heterocycles. The number of nitrogens with zero attached hydrogens (tertiary/aromatic N) is 1. The second-order valence-electron chi connectivity index (χ2n) is 4.08. The van der Waals surface area contributed by atoms with Gasteiger partial charge in [0, 0.05) is 16.8 Å². The van der Waals surface area contributed by atoms with Crippen LogP contribution in [0.3, 0.4) is 0 Å². The highest BCUT2D eigenvalue weighted by Crippen LogP contribution is 2.28. The normalized spacial score (nSPS) is 10.3. The highest BCUT2D eigenvalue weighted by molar-refractivity contribution is 6.30. The zero-order valence-electron chi connectivity index (χ0n) is 10.5. The standard InChI is InChI=1S/C14H12ClNO3/c1-8-7-12(13(14(17)18)9(2)16-8)19-11-5-3-10(15)4-6-11/h3-7H,1-2H3,(H,17,18). The first-order valence-electron chi connectivity index (χ1n) is 5.62. The quantitative estimate of drug-likeness (QED) is 0.926. The highest BCUT2D eigenvalue weighted by atomic mass is 35.5. The van der Waals surface area contributed by atoms with Crippen molar-refractivity contribution in [2.75, 3.05) is 0 Å². The van der Waals surface area contributed by atoms with Gasteiger partial charge in [0.1, 0.15) is 17.1 Å². The van der Waals surface area contributed by atoms with E-state index in [-0.39, 0.29) is 11.3 Å². The molecule has 98 valence electrons. The van der Waals surface area contributed by atoms with Gasteiger partial charge in [0.15, 0.2) is 0 Å². The van der Waals surface area contributed by atoms with Crippen molar-refractivity contribution in [2.24, 2.45) is 0 Å². The largest absolute Gasteiger partial charge is 0.477 e. The third-order valence-corrected chi connectivity index (χ3v) is 2.80. The van der Waals surface area contributed by atoms with Crippen molar-refractivity contribution in [3.05, 3.63) is 52.3 Å². The molecule has 2 rings (SSSR count). The first kappa shape index (κ1) is 13.4. The first-order chi connectivity index (χ1) is 8.97. The van der Waals surface area contributed by atoms with E-state index >= 15 is 0 Å². The Balaban J connectivity index is 2.44. The smallest absolute Gasteiger partial charge is 0.341 e. The predicted octanol–water partition coefficient (Wildman–Crippen LogP) is 3.84. The average Bonchev–Trinajstić information content (AvgIpc) is 2.30. The molecule has 0 radical (unpaired) electrons. The van der Waals surface area contributed by atoms with Gasteiger partial charge in [-0.25, -0.2) is 4.79 Å². The SMILES string of the molecule is Cc1cc(Oc2ccc(Cl)cc2)c(C(=O)O)c(C)n1. The summed E-state index contributed by atoms with van der Waals surface area (Å²) in [6.45, 7) is 3.43. The zero-order valence-corrected chi connectivity index (χ0v) is 11.2. The van der Waals surface area contributed by atoms with Gasteiger partial charge in [-0.2, -0.15) is 0 Å². The summed E-state index contributed by atoms with van der Waals surface area (Å²) in [6, 6.07) is 8.32. The van der Waals surface area contributed by atoms with Gasteiger partial charge in [-0.15, -0.1) is 0 Å². The van der Waals surface area contributed by atoms with E-state index in [1.165, 1.54) is 0 Å². The monoisotopic (exact) mass is 277 g/mol. The summed E-state index contributed by atoms with van der Waals surface area (Å²) in [6.07, 6.45) is 0. The second-order valence-corrected chi connectivity index (χ2v) is 4.52. The lowest BCUT2D eigenvalue weighted by molar-refractivity contribution is 0.0693. The van der Waals surface area contributed by atoms with Gasteiger partial charge in [-0.1, -0.05) is 11.6 Å². The molecular formula is C14H12ClNO3. The minimum Gasteiger partial charge on any atom is -0.477 e. The number of hydrogen-bond donors (Lipinski definition) is 1. The van der Waals surface area contributed by atoms with E-state index in [9.17, 15) is 9.90 Å². The van der Waals surface area contributed by atoms with Crippen LogP contribution in [0.1, 0.15) is 21.7 Å². The Hall–Kier alpha value is -2.07. The molecule has 0 saturated carbocycles. The number of hydrogen-bond acceptors (Lipinski definition) is 3. The Bertz CT molecular complexity index is 623. The van der Waals surface area contributed by atoms with Crippen molar-refractivity contribution in [3.63, 3.8) is 0 Å². The third kappa shape index (κ3) is 3.03. The number of halogens is 1. The summed E-state index contributed by atoms with van der Waals surface area (Å²) in [5, 5.41) is 9.81. The molecule has 0 aliphatic carbocycles. The van der Waals surface area contributed by atoms with Crippen LogP contribution < -0.4 is 4.74 Å². The summed E-state index contributed by atoms with van der Waals surface area (Å²) in [5.74, 6) is -0.259. The fourth-order valence-electron chi connectivity index (χ4n) is 1.76. The molecule has 19 heavy (non-hydrogen) atoms. The molecule has 0 fully saturated rings. The molecule has 5 heteroatoms. The van der Waals surface area contributed by atoms with Gasteiger partial charge in [-0.3, -0.25) is 4.98 Å². The van der Waals surface area contributed by atoms with Crippen molar-refractivity contribution < 1.29 is 14.6 Å². The summed E-state index contributed by atoms with van der Waals surface area (Å²) in [7, 11) is 0. The number of ether oxygens (including phenoxy) is 1. The summed E-state index contributed by atoms with van der Waals surface area (Å²) in [5.41, 5.74) is 1.20. The van der Waals surface area contributed by atoms with E-state index < -0.39 is 5.97 Å². The fourth-order valence-corrected chi connectivity index (χ4v) is 1.89. The maximum atomic E-state index is 11.3. The van der Waals surface area contributed by atoms with Crippen LogP contribution in [0.25, 0.3) is 0 Å². The zero-order chi connectivity index (χ0) is 14.0. The topological polar surface area (TPSA) is 59.4 Å². The number of carboxylic acid groups (broad SMARTS) is 1. The van der Waals surface area contributed by atoms with Gasteiger partial charge >= 0.3 is 5.97 Å². The number of pyridine rings is 1. The second kappa shape index (κ2) is 5.28. The van der Waals surface area contributed by atoms with E-state index in [0.717, 1.165) is 0 Å². The van der Waals surface area contributed by atoms with Crippen molar-refractivity contribution in [1.82, 2.24) is 4.98 Å². The number of benzene rings is 1. The Morgan fingerprint density at radius 1 is 1.26 bits per heavy atom. The number of carbonyl (C=O) groups is 1. The molecule has 0 bridgehead atoms. The maximum Gasteiger partial charge on any atom is 0.341 e. The number of aromatic nitrogens is 1. The molecule has 0 unspecified atom stereocenters. The Kier molecular flexibility index (Phi) is 3.71. The molecular weight excluding hydrogens is 266 g/mol. The minimum atomic E-state index is -1.06. The molecule has 0 aliphatic heterocycles. The van der Waals surface area contributed by atoms with Crippen LogP contribution in [0.2, 0.25) is 5.02 Å². The van der Waals surface area contributed by atoms with Crippen molar-refractivity contribution in [2.45, 2.75) is 13.8 Å². The van der Waals surface area contributed by atoms with Gasteiger partial charge in [0.05, 0.1) is 5.69 Å². The van der Waals surface area contributed by atoms with E-state index in [2.05, 4.69) is 4.98 Å². The van der Waals surface area contributed by atoms with Crippen molar-refractivity contribution in [1.29, 1.82) is 0 Å². The molecule has 0 amide bonds. The first-order valence-corrected chi connectivity index (χ1v) is 6.00. The molecule has 0 spiro atoms. The van der Waals surface area contributed by atoms with Crippen LogP contribution in [-0.4, -0.2) is 16.1 Å². The average molecular weight is 278 g/mol. The van der Waals surface area contributed by atoms with Crippen molar-refractivity contribution in [3.8, 4) is 11.5 Å². The third-order valence-electron chi connectivity index (χ3n) is 2.55. The van der Waals surface area contributed by atoms with Gasteiger partial charge in [0.25, 0.3) is 0 Å². The van der Waals surface area contributed by atoms with Crippen LogP contribution in [0.15, 0.2) is 30.3 Å². The molecule has 1 N–H and O–H groups in total. The molecule has 1 aromatic carbocycles. The highest BCUT2D eigenvalue weighted by Gasteiger charge is 2.17. The van der Waals surface area contributed by atoms with Gasteiger partial charge < -0.3 is 9.84 Å². The van der Waals surface area contributed by atoms with Crippen LogP contribution in [-0.2, 0) is 0 Å². The molecule has 1 heterocycles. The van der Waals surface area contributed by atoms with Crippen LogP contribution in [0.4, 0.5) is 0 Å². The lowest BCUT2D eigenvalue weighted by atomic mass is 10.1. The Labute approximate surface area is 115 Å². The van der Waals surface area contributed by atoms with Gasteiger partial charge in [0.2, 0.25) is 0 Å². The fraction of sp³-hybridized carbons (Fsp3) is 0.143.